The highest BCUT2D eigenvalue weighted by Gasteiger charge is 2.35. The van der Waals surface area contributed by atoms with E-state index in [1.807, 2.05) is 18.2 Å². The van der Waals surface area contributed by atoms with Crippen molar-refractivity contribution in [1.29, 1.82) is 0 Å². The molecule has 0 radical (unpaired) electrons. The number of hydrogen-bond acceptors (Lipinski definition) is 4. The van der Waals surface area contributed by atoms with Gasteiger partial charge in [-0.05, 0) is 24.1 Å². The minimum absolute atomic E-state index is 0.0740. The average Bonchev–Trinajstić information content (AvgIpc) is 3.06. The molecule has 0 aromatic heterocycles. The molecule has 2 aromatic carbocycles. The molecule has 124 valence electrons. The SMILES string of the molecule is NC[C@@H]1CN(C(=O)c2cccc([N+](=O)[O-])c2)C[C@H]1c1ccccc1. The quantitative estimate of drug-likeness (QED) is 0.690. The Hall–Kier alpha value is -2.73. The number of nitro groups is 1. The standard InChI is InChI=1S/C18H19N3O3/c19-10-15-11-20(12-17(15)13-5-2-1-3-6-13)18(22)14-7-4-8-16(9-14)21(23)24/h1-9,15,17H,10-12,19H2/t15-,17+/m1/s1. The first-order chi connectivity index (χ1) is 11.6. The molecule has 0 unspecified atom stereocenters. The number of nitrogens with two attached hydrogens (primary N) is 1. The molecular weight excluding hydrogens is 306 g/mol. The Balaban J connectivity index is 1.82. The van der Waals surface area contributed by atoms with Crippen molar-refractivity contribution in [2.24, 2.45) is 11.7 Å². The summed E-state index contributed by atoms with van der Waals surface area (Å²) in [5.74, 6) is 0.199. The fourth-order valence-electron chi connectivity index (χ4n) is 3.29. The number of nitrogens with zero attached hydrogens (tertiary/aromatic N) is 2. The summed E-state index contributed by atoms with van der Waals surface area (Å²) in [5, 5.41) is 10.9. The molecular formula is C18H19N3O3. The third-order valence-electron chi connectivity index (χ3n) is 4.56. The molecule has 6 heteroatoms. The first-order valence-electron chi connectivity index (χ1n) is 7.89. The number of carbonyl (C=O) groups is 1. The molecule has 0 saturated carbocycles. The zero-order chi connectivity index (χ0) is 17.1. The highest BCUT2D eigenvalue weighted by atomic mass is 16.6. The second-order valence-corrected chi connectivity index (χ2v) is 6.03. The number of rotatable bonds is 4. The van der Waals surface area contributed by atoms with Gasteiger partial charge >= 0.3 is 0 Å². The van der Waals surface area contributed by atoms with Gasteiger partial charge in [0.15, 0.2) is 0 Å². The largest absolute Gasteiger partial charge is 0.338 e. The Morgan fingerprint density at radius 2 is 1.92 bits per heavy atom. The van der Waals surface area contributed by atoms with E-state index in [2.05, 4.69) is 12.1 Å². The minimum atomic E-state index is -0.490. The van der Waals surface area contributed by atoms with Crippen molar-refractivity contribution >= 4 is 11.6 Å². The van der Waals surface area contributed by atoms with E-state index >= 15 is 0 Å². The first kappa shape index (κ1) is 16.1. The Labute approximate surface area is 140 Å². The lowest BCUT2D eigenvalue weighted by Crippen LogP contribution is -2.29. The summed E-state index contributed by atoms with van der Waals surface area (Å²) in [6.45, 7) is 1.64. The maximum absolute atomic E-state index is 12.7. The lowest BCUT2D eigenvalue weighted by Gasteiger charge is -2.17. The number of nitro benzene ring substituents is 1. The fraction of sp³-hybridized carbons (Fsp3) is 0.278. The van der Waals surface area contributed by atoms with Crippen LogP contribution in [0.25, 0.3) is 0 Å². The van der Waals surface area contributed by atoms with Crippen LogP contribution < -0.4 is 5.73 Å². The van der Waals surface area contributed by atoms with Crippen molar-refractivity contribution in [2.45, 2.75) is 5.92 Å². The summed E-state index contributed by atoms with van der Waals surface area (Å²) in [7, 11) is 0. The molecule has 3 rings (SSSR count). The van der Waals surface area contributed by atoms with Crippen molar-refractivity contribution in [3.63, 3.8) is 0 Å². The molecule has 1 amide bonds. The highest BCUT2D eigenvalue weighted by molar-refractivity contribution is 5.95. The molecule has 0 aliphatic carbocycles. The predicted molar refractivity (Wildman–Crippen MR) is 90.7 cm³/mol. The molecule has 2 N–H and O–H groups in total. The summed E-state index contributed by atoms with van der Waals surface area (Å²) in [5.41, 5.74) is 7.34. The summed E-state index contributed by atoms with van der Waals surface area (Å²) in [6, 6.07) is 15.9. The average molecular weight is 325 g/mol. The van der Waals surface area contributed by atoms with Crippen LogP contribution in [0.1, 0.15) is 21.8 Å². The molecule has 1 saturated heterocycles. The van der Waals surface area contributed by atoms with Gasteiger partial charge in [-0.1, -0.05) is 36.4 Å². The van der Waals surface area contributed by atoms with Gasteiger partial charge in [-0.15, -0.1) is 0 Å². The zero-order valence-electron chi connectivity index (χ0n) is 13.2. The second kappa shape index (κ2) is 6.80. The van der Waals surface area contributed by atoms with Crippen LogP contribution in [-0.2, 0) is 0 Å². The Morgan fingerprint density at radius 1 is 1.17 bits per heavy atom. The molecule has 0 bridgehead atoms. The topological polar surface area (TPSA) is 89.5 Å². The maximum Gasteiger partial charge on any atom is 0.270 e. The third-order valence-corrected chi connectivity index (χ3v) is 4.56. The molecule has 24 heavy (non-hydrogen) atoms. The van der Waals surface area contributed by atoms with Gasteiger partial charge < -0.3 is 10.6 Å². The number of amides is 1. The molecule has 0 spiro atoms. The zero-order valence-corrected chi connectivity index (χ0v) is 13.2. The van der Waals surface area contributed by atoms with E-state index in [0.29, 0.717) is 25.2 Å². The molecule has 6 nitrogen and oxygen atoms in total. The van der Waals surface area contributed by atoms with Crippen LogP contribution in [0.3, 0.4) is 0 Å². The van der Waals surface area contributed by atoms with Crippen molar-refractivity contribution in [2.75, 3.05) is 19.6 Å². The minimum Gasteiger partial charge on any atom is -0.338 e. The summed E-state index contributed by atoms with van der Waals surface area (Å²) in [6.07, 6.45) is 0. The molecule has 1 heterocycles. The summed E-state index contributed by atoms with van der Waals surface area (Å²) in [4.78, 5) is 24.9. The van der Waals surface area contributed by atoms with E-state index in [1.54, 1.807) is 11.0 Å². The number of carbonyl (C=O) groups excluding carboxylic acids is 1. The number of likely N-dealkylation sites (tertiary alicyclic amines) is 1. The van der Waals surface area contributed by atoms with Crippen LogP contribution >= 0.6 is 0 Å². The van der Waals surface area contributed by atoms with E-state index < -0.39 is 4.92 Å². The Morgan fingerprint density at radius 3 is 2.58 bits per heavy atom. The molecule has 2 aromatic rings. The van der Waals surface area contributed by atoms with Crippen molar-refractivity contribution < 1.29 is 9.72 Å². The van der Waals surface area contributed by atoms with E-state index in [0.717, 1.165) is 0 Å². The third kappa shape index (κ3) is 3.14. The van der Waals surface area contributed by atoms with E-state index in [4.69, 9.17) is 5.73 Å². The molecule has 2 atom stereocenters. The van der Waals surface area contributed by atoms with Crippen LogP contribution in [-0.4, -0.2) is 35.4 Å². The fourth-order valence-corrected chi connectivity index (χ4v) is 3.29. The van der Waals surface area contributed by atoms with E-state index in [-0.39, 0.29) is 23.4 Å². The summed E-state index contributed by atoms with van der Waals surface area (Å²) < 4.78 is 0. The van der Waals surface area contributed by atoms with Gasteiger partial charge in [0, 0.05) is 36.7 Å². The van der Waals surface area contributed by atoms with Crippen LogP contribution in [0.15, 0.2) is 54.6 Å². The predicted octanol–water partition coefficient (Wildman–Crippen LogP) is 2.41. The lowest BCUT2D eigenvalue weighted by atomic mass is 9.89. The molecule has 1 aliphatic heterocycles. The van der Waals surface area contributed by atoms with Gasteiger partial charge in [0.2, 0.25) is 0 Å². The summed E-state index contributed by atoms with van der Waals surface area (Å²) >= 11 is 0. The molecule has 1 aliphatic rings. The maximum atomic E-state index is 12.7. The van der Waals surface area contributed by atoms with Crippen LogP contribution in [0.5, 0.6) is 0 Å². The van der Waals surface area contributed by atoms with Gasteiger partial charge in [0.1, 0.15) is 0 Å². The number of hydrogen-bond donors (Lipinski definition) is 1. The number of non-ortho nitro benzene ring substituents is 1. The van der Waals surface area contributed by atoms with Crippen LogP contribution in [0.2, 0.25) is 0 Å². The lowest BCUT2D eigenvalue weighted by molar-refractivity contribution is -0.384. The molecule has 1 fully saturated rings. The number of benzene rings is 2. The van der Waals surface area contributed by atoms with Crippen LogP contribution in [0, 0.1) is 16.0 Å². The monoisotopic (exact) mass is 325 g/mol. The first-order valence-corrected chi connectivity index (χ1v) is 7.89. The second-order valence-electron chi connectivity index (χ2n) is 6.03. The van der Waals surface area contributed by atoms with Crippen molar-refractivity contribution in [3.8, 4) is 0 Å². The van der Waals surface area contributed by atoms with Gasteiger partial charge in [-0.2, -0.15) is 0 Å². The van der Waals surface area contributed by atoms with E-state index in [1.165, 1.54) is 23.8 Å². The smallest absolute Gasteiger partial charge is 0.270 e. The van der Waals surface area contributed by atoms with Gasteiger partial charge in [0.25, 0.3) is 11.6 Å². The Bertz CT molecular complexity index is 748. The van der Waals surface area contributed by atoms with Gasteiger partial charge in [0.05, 0.1) is 4.92 Å². The van der Waals surface area contributed by atoms with Crippen molar-refractivity contribution in [1.82, 2.24) is 4.90 Å². The van der Waals surface area contributed by atoms with E-state index in [9.17, 15) is 14.9 Å². The Kier molecular flexibility index (Phi) is 4.57. The van der Waals surface area contributed by atoms with Crippen molar-refractivity contribution in [3.05, 3.63) is 75.8 Å². The van der Waals surface area contributed by atoms with Crippen LogP contribution in [0.4, 0.5) is 5.69 Å². The normalized spacial score (nSPS) is 20.1. The van der Waals surface area contributed by atoms with Gasteiger partial charge in [-0.25, -0.2) is 0 Å². The van der Waals surface area contributed by atoms with Gasteiger partial charge in [-0.3, -0.25) is 14.9 Å². The highest BCUT2D eigenvalue weighted by Crippen LogP contribution is 2.33.